The molecule has 1 N–H and O–H groups in total. The van der Waals surface area contributed by atoms with Crippen LogP contribution in [0.1, 0.15) is 12.8 Å². The number of ether oxygens (including phenoxy) is 1. The number of thioether (sulfide) groups is 1. The van der Waals surface area contributed by atoms with E-state index < -0.39 is 0 Å². The van der Waals surface area contributed by atoms with E-state index in [0.29, 0.717) is 0 Å². The van der Waals surface area contributed by atoms with Crippen LogP contribution in [-0.2, 0) is 11.8 Å². The Balaban J connectivity index is 1.91. The molecule has 0 saturated heterocycles. The van der Waals surface area contributed by atoms with Gasteiger partial charge in [-0.3, -0.25) is 0 Å². The van der Waals surface area contributed by atoms with Gasteiger partial charge >= 0.3 is 0 Å². The van der Waals surface area contributed by atoms with E-state index in [4.69, 9.17) is 4.74 Å². The minimum atomic E-state index is 0.785. The third kappa shape index (κ3) is 5.48. The quantitative estimate of drug-likeness (QED) is 0.517. The predicted octanol–water partition coefficient (Wildman–Crippen LogP) is 0.923. The first kappa shape index (κ1) is 13.5. The molecule has 0 aliphatic rings. The van der Waals surface area contributed by atoms with Crippen LogP contribution in [0.5, 0.6) is 0 Å². The van der Waals surface area contributed by atoms with Gasteiger partial charge in [-0.1, -0.05) is 11.8 Å². The first-order valence-electron chi connectivity index (χ1n) is 5.51. The van der Waals surface area contributed by atoms with E-state index in [0.717, 1.165) is 30.6 Å². The molecule has 16 heavy (non-hydrogen) atoms. The van der Waals surface area contributed by atoms with Crippen molar-refractivity contribution in [3.63, 3.8) is 0 Å². The van der Waals surface area contributed by atoms with Crippen LogP contribution in [-0.4, -0.2) is 47.3 Å². The molecule has 1 aromatic rings. The summed E-state index contributed by atoms with van der Waals surface area (Å²) < 4.78 is 6.75. The number of hydrogen-bond donors (Lipinski definition) is 1. The molecule has 0 aliphatic heterocycles. The van der Waals surface area contributed by atoms with Crippen LogP contribution >= 0.6 is 11.8 Å². The number of nitrogens with zero attached hydrogens (tertiary/aromatic N) is 3. The molecule has 0 radical (unpaired) electrons. The third-order valence-corrected chi connectivity index (χ3v) is 3.25. The fourth-order valence-corrected chi connectivity index (χ4v) is 2.12. The van der Waals surface area contributed by atoms with Crippen molar-refractivity contribution in [2.75, 3.05) is 32.6 Å². The summed E-state index contributed by atoms with van der Waals surface area (Å²) in [6.45, 7) is 2.78. The SMILES string of the molecule is COCCNCCCCSc1ncnn1C. The number of unbranched alkanes of at least 4 members (excludes halogenated alkanes) is 1. The number of nitrogens with one attached hydrogen (secondary N) is 1. The van der Waals surface area contributed by atoms with Gasteiger partial charge in [0.05, 0.1) is 6.61 Å². The van der Waals surface area contributed by atoms with Gasteiger partial charge in [-0.05, 0) is 19.4 Å². The normalized spacial score (nSPS) is 10.9. The molecule has 0 bridgehead atoms. The Bertz CT molecular complexity index is 280. The van der Waals surface area contributed by atoms with Crippen LogP contribution in [0.15, 0.2) is 11.5 Å². The lowest BCUT2D eigenvalue weighted by atomic mass is 10.3. The predicted molar refractivity (Wildman–Crippen MR) is 65.7 cm³/mol. The number of methoxy groups -OCH3 is 1. The summed E-state index contributed by atoms with van der Waals surface area (Å²) in [5.41, 5.74) is 0. The van der Waals surface area contributed by atoms with Gasteiger partial charge < -0.3 is 10.1 Å². The molecule has 1 aromatic heterocycles. The van der Waals surface area contributed by atoms with E-state index in [1.807, 2.05) is 11.7 Å². The van der Waals surface area contributed by atoms with Gasteiger partial charge in [0.1, 0.15) is 6.33 Å². The molecule has 6 heteroatoms. The summed E-state index contributed by atoms with van der Waals surface area (Å²) in [7, 11) is 3.64. The summed E-state index contributed by atoms with van der Waals surface area (Å²) in [4.78, 5) is 4.16. The second-order valence-electron chi connectivity index (χ2n) is 3.46. The summed E-state index contributed by atoms with van der Waals surface area (Å²) >= 11 is 1.76. The van der Waals surface area contributed by atoms with Crippen LogP contribution in [0.3, 0.4) is 0 Å². The van der Waals surface area contributed by atoms with Crippen molar-refractivity contribution >= 4 is 11.8 Å². The average Bonchev–Trinajstić information content (AvgIpc) is 2.68. The van der Waals surface area contributed by atoms with Crippen LogP contribution < -0.4 is 5.32 Å². The van der Waals surface area contributed by atoms with Crippen molar-refractivity contribution < 1.29 is 4.74 Å². The fourth-order valence-electron chi connectivity index (χ4n) is 1.23. The molecule has 0 unspecified atom stereocenters. The highest BCUT2D eigenvalue weighted by Crippen LogP contribution is 2.14. The maximum absolute atomic E-state index is 4.95. The van der Waals surface area contributed by atoms with Crippen LogP contribution in [0.25, 0.3) is 0 Å². The molecule has 1 heterocycles. The van der Waals surface area contributed by atoms with Gasteiger partial charge in [0.25, 0.3) is 0 Å². The van der Waals surface area contributed by atoms with Crippen molar-refractivity contribution in [2.24, 2.45) is 7.05 Å². The smallest absolute Gasteiger partial charge is 0.185 e. The summed E-state index contributed by atoms with van der Waals surface area (Å²) in [5, 5.41) is 8.34. The highest BCUT2D eigenvalue weighted by atomic mass is 32.2. The standard InChI is InChI=1S/C10H20N4OS/c1-14-10(12-9-13-14)16-8-4-3-5-11-6-7-15-2/h9,11H,3-8H2,1-2H3. The van der Waals surface area contributed by atoms with Crippen LogP contribution in [0.2, 0.25) is 0 Å². The molecule has 1 rings (SSSR count). The van der Waals surface area contributed by atoms with E-state index in [2.05, 4.69) is 15.4 Å². The minimum absolute atomic E-state index is 0.785. The number of aryl methyl sites for hydroxylation is 1. The Morgan fingerprint density at radius 2 is 2.31 bits per heavy atom. The van der Waals surface area contributed by atoms with E-state index in [9.17, 15) is 0 Å². The highest BCUT2D eigenvalue weighted by molar-refractivity contribution is 7.99. The zero-order valence-electron chi connectivity index (χ0n) is 9.98. The maximum atomic E-state index is 4.95. The Morgan fingerprint density at radius 1 is 1.44 bits per heavy atom. The first-order chi connectivity index (χ1) is 7.84. The topological polar surface area (TPSA) is 52.0 Å². The highest BCUT2D eigenvalue weighted by Gasteiger charge is 1.99. The molecule has 0 aromatic carbocycles. The van der Waals surface area contributed by atoms with Gasteiger partial charge in [0.2, 0.25) is 0 Å². The second-order valence-corrected chi connectivity index (χ2v) is 4.53. The zero-order chi connectivity index (χ0) is 11.6. The van der Waals surface area contributed by atoms with Crippen molar-refractivity contribution in [3.8, 4) is 0 Å². The van der Waals surface area contributed by atoms with Gasteiger partial charge in [-0.2, -0.15) is 5.10 Å². The monoisotopic (exact) mass is 244 g/mol. The summed E-state index contributed by atoms with van der Waals surface area (Å²) in [5.74, 6) is 1.10. The third-order valence-electron chi connectivity index (χ3n) is 2.13. The fraction of sp³-hybridized carbons (Fsp3) is 0.800. The Kier molecular flexibility index (Phi) is 7.20. The lowest BCUT2D eigenvalue weighted by Crippen LogP contribution is -2.20. The lowest BCUT2D eigenvalue weighted by molar-refractivity contribution is 0.199. The Labute approximate surface area is 101 Å². The van der Waals surface area contributed by atoms with Crippen molar-refractivity contribution in [1.82, 2.24) is 20.1 Å². The second kappa shape index (κ2) is 8.55. The first-order valence-corrected chi connectivity index (χ1v) is 6.49. The lowest BCUT2D eigenvalue weighted by Gasteiger charge is -2.03. The van der Waals surface area contributed by atoms with E-state index in [-0.39, 0.29) is 0 Å². The van der Waals surface area contributed by atoms with E-state index in [1.165, 1.54) is 12.8 Å². The molecule has 92 valence electrons. The van der Waals surface area contributed by atoms with Gasteiger partial charge in [0.15, 0.2) is 5.16 Å². The Hall–Kier alpha value is -0.590. The largest absolute Gasteiger partial charge is 0.383 e. The van der Waals surface area contributed by atoms with Crippen molar-refractivity contribution in [2.45, 2.75) is 18.0 Å². The van der Waals surface area contributed by atoms with Crippen LogP contribution in [0.4, 0.5) is 0 Å². The average molecular weight is 244 g/mol. The molecule has 0 saturated carbocycles. The van der Waals surface area contributed by atoms with Crippen molar-refractivity contribution in [1.29, 1.82) is 0 Å². The summed E-state index contributed by atoms with van der Waals surface area (Å²) in [6.07, 6.45) is 3.97. The molecule has 5 nitrogen and oxygen atoms in total. The summed E-state index contributed by atoms with van der Waals surface area (Å²) in [6, 6.07) is 0. The minimum Gasteiger partial charge on any atom is -0.383 e. The van der Waals surface area contributed by atoms with E-state index >= 15 is 0 Å². The number of rotatable bonds is 9. The number of hydrogen-bond acceptors (Lipinski definition) is 5. The molecule has 0 amide bonds. The number of aromatic nitrogens is 3. The van der Waals surface area contributed by atoms with Crippen molar-refractivity contribution in [3.05, 3.63) is 6.33 Å². The molecular formula is C10H20N4OS. The van der Waals surface area contributed by atoms with Gasteiger partial charge in [0, 0.05) is 26.5 Å². The molecule has 0 fully saturated rings. The maximum Gasteiger partial charge on any atom is 0.185 e. The molecule has 0 spiro atoms. The van der Waals surface area contributed by atoms with Gasteiger partial charge in [-0.15, -0.1) is 0 Å². The van der Waals surface area contributed by atoms with E-state index in [1.54, 1.807) is 25.2 Å². The molecule has 0 aliphatic carbocycles. The van der Waals surface area contributed by atoms with Gasteiger partial charge in [-0.25, -0.2) is 9.67 Å². The zero-order valence-corrected chi connectivity index (χ0v) is 10.8. The Morgan fingerprint density at radius 3 is 3.00 bits per heavy atom. The molecule has 0 atom stereocenters. The van der Waals surface area contributed by atoms with Crippen LogP contribution in [0, 0.1) is 0 Å². The molecular weight excluding hydrogens is 224 g/mol.